The minimum Gasteiger partial charge on any atom is -0.493 e. The van der Waals surface area contributed by atoms with Gasteiger partial charge in [-0.2, -0.15) is 0 Å². The van der Waals surface area contributed by atoms with Crippen molar-refractivity contribution in [2.75, 3.05) is 14.2 Å². The molecule has 0 atom stereocenters. The summed E-state index contributed by atoms with van der Waals surface area (Å²) in [5.74, 6) is 1.58. The molecule has 2 N–H and O–H groups in total. The third-order valence-electron chi connectivity index (χ3n) is 4.27. The zero-order chi connectivity index (χ0) is 13.9. The second-order valence-corrected chi connectivity index (χ2v) is 5.43. The van der Waals surface area contributed by atoms with E-state index in [0.717, 1.165) is 30.8 Å². The summed E-state index contributed by atoms with van der Waals surface area (Å²) in [5.41, 5.74) is 9.01. The van der Waals surface area contributed by atoms with E-state index in [1.165, 1.54) is 30.4 Å². The quantitative estimate of drug-likeness (QED) is 0.905. The molecule has 3 heteroatoms. The number of benzene rings is 1. The lowest BCUT2D eigenvalue weighted by molar-refractivity contribution is 0.297. The highest BCUT2D eigenvalue weighted by Crippen LogP contribution is 2.41. The number of nitrogens with two attached hydrogens (primary N) is 1. The molecular formula is C16H25NO2. The standard InChI is InChI=1S/C16H25NO2/c1-4-12-10-14(18-2)15(19-3)11-13(12)16(17)8-6-5-7-9-16/h10-11H,4-9,17H2,1-3H3. The summed E-state index contributed by atoms with van der Waals surface area (Å²) in [6.45, 7) is 2.16. The Morgan fingerprint density at radius 3 is 2.16 bits per heavy atom. The van der Waals surface area contributed by atoms with Crippen LogP contribution in [0.3, 0.4) is 0 Å². The highest BCUT2D eigenvalue weighted by Gasteiger charge is 2.32. The summed E-state index contributed by atoms with van der Waals surface area (Å²) in [4.78, 5) is 0. The van der Waals surface area contributed by atoms with E-state index in [1.807, 2.05) is 0 Å². The predicted molar refractivity (Wildman–Crippen MR) is 77.9 cm³/mol. The SMILES string of the molecule is CCc1cc(OC)c(OC)cc1C1(N)CCCCC1. The Morgan fingerprint density at radius 2 is 1.63 bits per heavy atom. The topological polar surface area (TPSA) is 44.5 Å². The highest BCUT2D eigenvalue weighted by molar-refractivity contribution is 5.50. The fourth-order valence-electron chi connectivity index (χ4n) is 3.13. The minimum absolute atomic E-state index is 0.191. The van der Waals surface area contributed by atoms with Crippen molar-refractivity contribution in [1.82, 2.24) is 0 Å². The van der Waals surface area contributed by atoms with Crippen LogP contribution < -0.4 is 15.2 Å². The monoisotopic (exact) mass is 263 g/mol. The van der Waals surface area contributed by atoms with Gasteiger partial charge in [0.25, 0.3) is 0 Å². The average Bonchev–Trinajstić information content (AvgIpc) is 2.46. The number of hydrogen-bond donors (Lipinski definition) is 1. The molecule has 0 spiro atoms. The molecule has 0 saturated heterocycles. The van der Waals surface area contributed by atoms with Crippen LogP contribution >= 0.6 is 0 Å². The first-order chi connectivity index (χ1) is 9.14. The van der Waals surface area contributed by atoms with Gasteiger partial charge in [-0.25, -0.2) is 0 Å². The maximum absolute atomic E-state index is 6.68. The smallest absolute Gasteiger partial charge is 0.161 e. The maximum Gasteiger partial charge on any atom is 0.161 e. The van der Waals surface area contributed by atoms with Gasteiger partial charge in [0.2, 0.25) is 0 Å². The first-order valence-electron chi connectivity index (χ1n) is 7.19. The van der Waals surface area contributed by atoms with Gasteiger partial charge in [0.1, 0.15) is 0 Å². The lowest BCUT2D eigenvalue weighted by atomic mass is 9.75. The van der Waals surface area contributed by atoms with Crippen LogP contribution in [0, 0.1) is 0 Å². The van der Waals surface area contributed by atoms with Crippen LogP contribution in [-0.2, 0) is 12.0 Å². The van der Waals surface area contributed by atoms with E-state index in [4.69, 9.17) is 15.2 Å². The summed E-state index contributed by atoms with van der Waals surface area (Å²) in [6, 6.07) is 4.17. The van der Waals surface area contributed by atoms with Crippen molar-refractivity contribution < 1.29 is 9.47 Å². The molecule has 0 heterocycles. The van der Waals surface area contributed by atoms with Gasteiger partial charge < -0.3 is 15.2 Å². The number of aryl methyl sites for hydroxylation is 1. The normalized spacial score (nSPS) is 18.1. The van der Waals surface area contributed by atoms with Crippen LogP contribution in [0.15, 0.2) is 12.1 Å². The van der Waals surface area contributed by atoms with Crippen molar-refractivity contribution in [2.45, 2.75) is 51.0 Å². The number of rotatable bonds is 4. The Kier molecular flexibility index (Phi) is 4.35. The Bertz CT molecular complexity index is 437. The Labute approximate surface area is 116 Å². The van der Waals surface area contributed by atoms with Gasteiger partial charge in [0.05, 0.1) is 14.2 Å². The first kappa shape index (κ1) is 14.2. The number of hydrogen-bond acceptors (Lipinski definition) is 3. The molecule has 2 rings (SSSR count). The van der Waals surface area contributed by atoms with E-state index in [1.54, 1.807) is 14.2 Å². The molecule has 1 aromatic rings. The predicted octanol–water partition coefficient (Wildman–Crippen LogP) is 3.38. The van der Waals surface area contributed by atoms with Gasteiger partial charge in [-0.1, -0.05) is 26.2 Å². The van der Waals surface area contributed by atoms with Crippen molar-refractivity contribution in [3.8, 4) is 11.5 Å². The largest absolute Gasteiger partial charge is 0.493 e. The van der Waals surface area contributed by atoms with Gasteiger partial charge in [0, 0.05) is 5.54 Å². The van der Waals surface area contributed by atoms with Crippen molar-refractivity contribution in [2.24, 2.45) is 5.73 Å². The van der Waals surface area contributed by atoms with Gasteiger partial charge in [0.15, 0.2) is 11.5 Å². The van der Waals surface area contributed by atoms with Crippen LogP contribution in [-0.4, -0.2) is 14.2 Å². The van der Waals surface area contributed by atoms with E-state index in [9.17, 15) is 0 Å². The lowest BCUT2D eigenvalue weighted by Crippen LogP contribution is -2.39. The molecule has 0 amide bonds. The maximum atomic E-state index is 6.68. The van der Waals surface area contributed by atoms with Gasteiger partial charge in [-0.05, 0) is 42.5 Å². The minimum atomic E-state index is -0.191. The van der Waals surface area contributed by atoms with Crippen LogP contribution in [0.1, 0.15) is 50.2 Å². The van der Waals surface area contributed by atoms with E-state index in [-0.39, 0.29) is 5.54 Å². The van der Waals surface area contributed by atoms with E-state index < -0.39 is 0 Å². The van der Waals surface area contributed by atoms with Crippen LogP contribution in [0.4, 0.5) is 0 Å². The van der Waals surface area contributed by atoms with Crippen molar-refractivity contribution in [3.05, 3.63) is 23.3 Å². The molecule has 0 aliphatic heterocycles. The van der Waals surface area contributed by atoms with Crippen molar-refractivity contribution in [1.29, 1.82) is 0 Å². The van der Waals surface area contributed by atoms with Crippen LogP contribution in [0.5, 0.6) is 11.5 Å². The van der Waals surface area contributed by atoms with Crippen molar-refractivity contribution in [3.63, 3.8) is 0 Å². The Balaban J connectivity index is 2.48. The molecule has 0 unspecified atom stereocenters. The highest BCUT2D eigenvalue weighted by atomic mass is 16.5. The third kappa shape index (κ3) is 2.71. The molecule has 1 aliphatic carbocycles. The van der Waals surface area contributed by atoms with Crippen LogP contribution in [0.2, 0.25) is 0 Å². The van der Waals surface area contributed by atoms with E-state index >= 15 is 0 Å². The fraction of sp³-hybridized carbons (Fsp3) is 0.625. The Hall–Kier alpha value is -1.22. The summed E-state index contributed by atoms with van der Waals surface area (Å²) in [7, 11) is 3.35. The molecule has 0 aromatic heterocycles. The zero-order valence-electron chi connectivity index (χ0n) is 12.3. The molecular weight excluding hydrogens is 238 g/mol. The summed E-state index contributed by atoms with van der Waals surface area (Å²) in [6.07, 6.45) is 6.83. The second kappa shape index (κ2) is 5.83. The van der Waals surface area contributed by atoms with Crippen LogP contribution in [0.25, 0.3) is 0 Å². The molecule has 0 radical (unpaired) electrons. The molecule has 1 saturated carbocycles. The van der Waals surface area contributed by atoms with Crippen molar-refractivity contribution >= 4 is 0 Å². The summed E-state index contributed by atoms with van der Waals surface area (Å²) < 4.78 is 10.8. The number of ether oxygens (including phenoxy) is 2. The first-order valence-corrected chi connectivity index (χ1v) is 7.19. The molecule has 3 nitrogen and oxygen atoms in total. The molecule has 1 aliphatic rings. The molecule has 1 fully saturated rings. The second-order valence-electron chi connectivity index (χ2n) is 5.43. The lowest BCUT2D eigenvalue weighted by Gasteiger charge is -2.36. The molecule has 0 bridgehead atoms. The summed E-state index contributed by atoms with van der Waals surface area (Å²) >= 11 is 0. The molecule has 1 aromatic carbocycles. The third-order valence-corrected chi connectivity index (χ3v) is 4.27. The number of methoxy groups -OCH3 is 2. The van der Waals surface area contributed by atoms with Gasteiger partial charge in [-0.15, -0.1) is 0 Å². The Morgan fingerprint density at radius 1 is 1.05 bits per heavy atom. The van der Waals surface area contributed by atoms with Gasteiger partial charge in [-0.3, -0.25) is 0 Å². The van der Waals surface area contributed by atoms with E-state index in [0.29, 0.717) is 0 Å². The fourth-order valence-corrected chi connectivity index (χ4v) is 3.13. The van der Waals surface area contributed by atoms with E-state index in [2.05, 4.69) is 19.1 Å². The zero-order valence-corrected chi connectivity index (χ0v) is 12.3. The molecule has 106 valence electrons. The average molecular weight is 263 g/mol. The molecule has 19 heavy (non-hydrogen) atoms. The van der Waals surface area contributed by atoms with Gasteiger partial charge >= 0.3 is 0 Å². The summed E-state index contributed by atoms with van der Waals surface area (Å²) in [5, 5.41) is 0.